The molecule has 4 aromatic rings. The summed E-state index contributed by atoms with van der Waals surface area (Å²) in [5.41, 5.74) is 4.77. The third kappa shape index (κ3) is 2.22. The molecule has 8 heteroatoms. The van der Waals surface area contributed by atoms with Crippen LogP contribution >= 0.6 is 0 Å². The molecule has 8 nitrogen and oxygen atoms in total. The molecular formula is C18H16N6O2. The van der Waals surface area contributed by atoms with Crippen LogP contribution in [0.4, 0.5) is 0 Å². The number of rotatable bonds is 2. The highest BCUT2D eigenvalue weighted by Crippen LogP contribution is 2.34. The molecule has 0 radical (unpaired) electrons. The average Bonchev–Trinajstić information content (AvgIpc) is 3.38. The normalized spacial score (nSPS) is 16.8. The molecule has 1 aliphatic heterocycles. The maximum Gasteiger partial charge on any atom is 0.292 e. The highest BCUT2D eigenvalue weighted by atomic mass is 16.3. The molecule has 1 atom stereocenters. The number of imidazole rings is 1. The second kappa shape index (κ2) is 5.55. The summed E-state index contributed by atoms with van der Waals surface area (Å²) in [4.78, 5) is 26.2. The summed E-state index contributed by atoms with van der Waals surface area (Å²) < 4.78 is 7.04. The van der Waals surface area contributed by atoms with Crippen molar-refractivity contribution in [3.8, 4) is 0 Å². The molecule has 0 spiro atoms. The minimum Gasteiger partial charge on any atom is -0.438 e. The minimum absolute atomic E-state index is 0.214. The maximum atomic E-state index is 13.0. The summed E-state index contributed by atoms with van der Waals surface area (Å²) in [5.74, 6) is 0.00276. The Labute approximate surface area is 148 Å². The number of H-pyrrole nitrogens is 1. The molecule has 0 aromatic carbocycles. The average molecular weight is 348 g/mol. The van der Waals surface area contributed by atoms with Crippen molar-refractivity contribution in [2.24, 2.45) is 0 Å². The number of carbonyl (C=O) groups excluding carboxylic acids is 1. The predicted octanol–water partition coefficient (Wildman–Crippen LogP) is 2.14. The van der Waals surface area contributed by atoms with Gasteiger partial charge in [-0.1, -0.05) is 0 Å². The van der Waals surface area contributed by atoms with Crippen molar-refractivity contribution in [1.82, 2.24) is 29.5 Å². The smallest absolute Gasteiger partial charge is 0.292 e. The number of carbonyl (C=O) groups is 1. The van der Waals surface area contributed by atoms with Gasteiger partial charge in [0.25, 0.3) is 5.91 Å². The van der Waals surface area contributed by atoms with E-state index in [1.54, 1.807) is 11.2 Å². The van der Waals surface area contributed by atoms with Gasteiger partial charge in [0.1, 0.15) is 6.04 Å². The van der Waals surface area contributed by atoms with Gasteiger partial charge in [0.15, 0.2) is 6.39 Å². The van der Waals surface area contributed by atoms with Gasteiger partial charge in [0, 0.05) is 24.9 Å². The first-order valence-electron chi connectivity index (χ1n) is 8.38. The fourth-order valence-corrected chi connectivity index (χ4v) is 3.52. The Morgan fingerprint density at radius 3 is 3.15 bits per heavy atom. The van der Waals surface area contributed by atoms with E-state index in [4.69, 9.17) is 9.52 Å². The number of pyridine rings is 1. The highest BCUT2D eigenvalue weighted by Gasteiger charge is 2.37. The van der Waals surface area contributed by atoms with Crippen molar-refractivity contribution >= 4 is 11.4 Å². The number of fused-ring (bicyclic) bond motifs is 2. The van der Waals surface area contributed by atoms with Crippen LogP contribution in [0.25, 0.3) is 5.52 Å². The molecule has 26 heavy (non-hydrogen) atoms. The summed E-state index contributed by atoms with van der Waals surface area (Å²) in [6.45, 7) is 2.59. The molecule has 130 valence electrons. The Balaban J connectivity index is 1.64. The number of hydrogen-bond acceptors (Lipinski definition) is 5. The second-order valence-corrected chi connectivity index (χ2v) is 6.43. The zero-order valence-electron chi connectivity index (χ0n) is 14.1. The van der Waals surface area contributed by atoms with Crippen molar-refractivity contribution in [3.05, 3.63) is 71.7 Å². The standard InChI is InChI=1S/C18H16N6O2/c1-11-2-5-24-12(6-11)7-14(22-24)17-16-13(20-9-21-16)3-4-23(17)18(25)15-8-19-10-26-15/h2,5-10,17H,3-4H2,1H3,(H,20,21). The van der Waals surface area contributed by atoms with E-state index in [1.807, 2.05) is 29.8 Å². The van der Waals surface area contributed by atoms with Gasteiger partial charge in [-0.2, -0.15) is 5.10 Å². The number of nitrogens with zero attached hydrogens (tertiary/aromatic N) is 5. The second-order valence-electron chi connectivity index (χ2n) is 6.43. The molecular weight excluding hydrogens is 332 g/mol. The fraction of sp³-hybridized carbons (Fsp3) is 0.222. The van der Waals surface area contributed by atoms with Crippen molar-refractivity contribution in [2.75, 3.05) is 6.54 Å². The summed E-state index contributed by atoms with van der Waals surface area (Å²) in [5, 5.41) is 4.69. The first-order chi connectivity index (χ1) is 12.7. The fourth-order valence-electron chi connectivity index (χ4n) is 3.52. The van der Waals surface area contributed by atoms with Crippen LogP contribution in [-0.4, -0.2) is 41.9 Å². The van der Waals surface area contributed by atoms with Crippen LogP contribution in [-0.2, 0) is 6.42 Å². The van der Waals surface area contributed by atoms with Gasteiger partial charge in [0.05, 0.1) is 29.4 Å². The summed E-state index contributed by atoms with van der Waals surface area (Å²) in [7, 11) is 0. The van der Waals surface area contributed by atoms with Gasteiger partial charge in [-0.3, -0.25) is 4.79 Å². The van der Waals surface area contributed by atoms with Crippen LogP contribution in [0.2, 0.25) is 0 Å². The first kappa shape index (κ1) is 14.9. The molecule has 1 N–H and O–H groups in total. The van der Waals surface area contributed by atoms with Gasteiger partial charge in [-0.05, 0) is 30.7 Å². The van der Waals surface area contributed by atoms with E-state index >= 15 is 0 Å². The lowest BCUT2D eigenvalue weighted by molar-refractivity contribution is 0.0654. The minimum atomic E-state index is -0.372. The molecule has 4 aromatic heterocycles. The number of nitrogens with one attached hydrogen (secondary N) is 1. The van der Waals surface area contributed by atoms with E-state index in [2.05, 4.69) is 21.0 Å². The predicted molar refractivity (Wildman–Crippen MR) is 91.6 cm³/mol. The summed E-state index contributed by atoms with van der Waals surface area (Å²) in [6.07, 6.45) is 7.00. The topological polar surface area (TPSA) is 92.3 Å². The summed E-state index contributed by atoms with van der Waals surface area (Å²) in [6, 6.07) is 5.69. The summed E-state index contributed by atoms with van der Waals surface area (Å²) >= 11 is 0. The van der Waals surface area contributed by atoms with Crippen LogP contribution in [0.1, 0.15) is 39.2 Å². The SMILES string of the molecule is Cc1ccn2nc(C3c4nc[nH]c4CCN3C(=O)c3cnco3)cc2c1. The molecule has 0 aliphatic carbocycles. The molecule has 0 bridgehead atoms. The van der Waals surface area contributed by atoms with Crippen molar-refractivity contribution in [3.63, 3.8) is 0 Å². The van der Waals surface area contributed by atoms with Crippen LogP contribution in [0.3, 0.4) is 0 Å². The largest absolute Gasteiger partial charge is 0.438 e. The first-order valence-corrected chi connectivity index (χ1v) is 8.38. The Morgan fingerprint density at radius 1 is 1.38 bits per heavy atom. The monoisotopic (exact) mass is 348 g/mol. The Morgan fingerprint density at radius 2 is 2.31 bits per heavy atom. The van der Waals surface area contributed by atoms with Crippen LogP contribution in [0.15, 0.2) is 47.7 Å². The van der Waals surface area contributed by atoms with Crippen molar-refractivity contribution in [2.45, 2.75) is 19.4 Å². The quantitative estimate of drug-likeness (QED) is 0.599. The van der Waals surface area contributed by atoms with Crippen molar-refractivity contribution < 1.29 is 9.21 Å². The third-order valence-corrected chi connectivity index (χ3v) is 4.75. The van der Waals surface area contributed by atoms with Crippen LogP contribution < -0.4 is 0 Å². The number of amides is 1. The van der Waals surface area contributed by atoms with Gasteiger partial charge in [-0.25, -0.2) is 14.5 Å². The molecule has 0 saturated carbocycles. The van der Waals surface area contributed by atoms with E-state index in [9.17, 15) is 4.79 Å². The zero-order chi connectivity index (χ0) is 17.7. The lowest BCUT2D eigenvalue weighted by Gasteiger charge is -2.33. The van der Waals surface area contributed by atoms with E-state index in [1.165, 1.54) is 12.6 Å². The van der Waals surface area contributed by atoms with Gasteiger partial charge < -0.3 is 14.3 Å². The molecule has 1 aliphatic rings. The zero-order valence-corrected chi connectivity index (χ0v) is 14.1. The van der Waals surface area contributed by atoms with Gasteiger partial charge >= 0.3 is 0 Å². The number of hydrogen-bond donors (Lipinski definition) is 1. The Kier molecular flexibility index (Phi) is 3.18. The van der Waals surface area contributed by atoms with Crippen LogP contribution in [0, 0.1) is 6.92 Å². The number of aromatic nitrogens is 5. The number of oxazole rings is 1. The third-order valence-electron chi connectivity index (χ3n) is 4.75. The molecule has 5 rings (SSSR count). The molecule has 0 fully saturated rings. The van der Waals surface area contributed by atoms with E-state index in [-0.39, 0.29) is 17.7 Å². The maximum absolute atomic E-state index is 13.0. The van der Waals surface area contributed by atoms with Gasteiger partial charge in [0.2, 0.25) is 5.76 Å². The van der Waals surface area contributed by atoms with E-state index in [0.717, 1.165) is 28.2 Å². The van der Waals surface area contributed by atoms with E-state index < -0.39 is 0 Å². The molecule has 1 unspecified atom stereocenters. The number of aromatic amines is 1. The molecule has 1 amide bonds. The van der Waals surface area contributed by atoms with Gasteiger partial charge in [-0.15, -0.1) is 0 Å². The Bertz CT molecular complexity index is 1090. The lowest BCUT2D eigenvalue weighted by atomic mass is 9.99. The molecule has 5 heterocycles. The lowest BCUT2D eigenvalue weighted by Crippen LogP contribution is -2.40. The van der Waals surface area contributed by atoms with E-state index in [0.29, 0.717) is 13.0 Å². The van der Waals surface area contributed by atoms with Crippen LogP contribution in [0.5, 0.6) is 0 Å². The number of aryl methyl sites for hydroxylation is 1. The Hall–Kier alpha value is -3.42. The highest BCUT2D eigenvalue weighted by molar-refractivity contribution is 5.91. The van der Waals surface area contributed by atoms with Crippen molar-refractivity contribution in [1.29, 1.82) is 0 Å². The molecule has 0 saturated heterocycles.